The molecular formula is C14H18N2O3S. The fraction of sp³-hybridized carbons (Fsp3) is 0.571. The molecule has 0 radical (unpaired) electrons. The number of hydrogen-bond acceptors (Lipinski definition) is 5. The van der Waals surface area contributed by atoms with Crippen molar-refractivity contribution in [3.8, 4) is 0 Å². The van der Waals surface area contributed by atoms with E-state index in [2.05, 4.69) is 18.7 Å². The van der Waals surface area contributed by atoms with E-state index in [0.717, 1.165) is 17.7 Å². The second kappa shape index (κ2) is 4.93. The van der Waals surface area contributed by atoms with Crippen molar-refractivity contribution in [2.24, 2.45) is 0 Å². The fourth-order valence-electron chi connectivity index (χ4n) is 2.83. The molecule has 0 amide bonds. The molecule has 0 atom stereocenters. The highest BCUT2D eigenvalue weighted by molar-refractivity contribution is 8.01. The van der Waals surface area contributed by atoms with Gasteiger partial charge in [-0.1, -0.05) is 13.8 Å². The predicted octanol–water partition coefficient (Wildman–Crippen LogP) is 2.86. The van der Waals surface area contributed by atoms with Crippen LogP contribution >= 0.6 is 11.8 Å². The van der Waals surface area contributed by atoms with E-state index in [0.29, 0.717) is 26.3 Å². The van der Waals surface area contributed by atoms with Crippen LogP contribution < -0.4 is 4.90 Å². The van der Waals surface area contributed by atoms with E-state index >= 15 is 0 Å². The number of morpholine rings is 1. The number of benzene rings is 1. The van der Waals surface area contributed by atoms with Gasteiger partial charge in [-0.05, 0) is 18.1 Å². The zero-order chi connectivity index (χ0) is 14.3. The largest absolute Gasteiger partial charge is 0.378 e. The third-order valence-corrected chi connectivity index (χ3v) is 5.01. The summed E-state index contributed by atoms with van der Waals surface area (Å²) in [6.45, 7) is 7.05. The molecule has 108 valence electrons. The van der Waals surface area contributed by atoms with Crippen LogP contribution in [0.3, 0.4) is 0 Å². The minimum atomic E-state index is -0.263. The third-order valence-electron chi connectivity index (χ3n) is 3.71. The molecule has 6 heteroatoms. The third kappa shape index (κ3) is 2.50. The van der Waals surface area contributed by atoms with E-state index in [1.807, 2.05) is 17.8 Å². The van der Waals surface area contributed by atoms with Gasteiger partial charge in [0.15, 0.2) is 0 Å². The molecule has 2 aliphatic rings. The molecule has 0 unspecified atom stereocenters. The molecule has 0 saturated carbocycles. The highest BCUT2D eigenvalue weighted by Crippen LogP contribution is 2.48. The van der Waals surface area contributed by atoms with Crippen LogP contribution in [0.2, 0.25) is 0 Å². The van der Waals surface area contributed by atoms with Gasteiger partial charge in [-0.15, -0.1) is 11.8 Å². The Balaban J connectivity index is 2.02. The number of anilines is 1. The lowest BCUT2D eigenvalue weighted by molar-refractivity contribution is -0.384. The van der Waals surface area contributed by atoms with E-state index in [4.69, 9.17) is 4.74 Å². The number of nitro benzene ring substituents is 1. The van der Waals surface area contributed by atoms with Crippen molar-refractivity contribution in [3.05, 3.63) is 27.8 Å². The lowest BCUT2D eigenvalue weighted by Gasteiger charge is -2.28. The molecule has 1 saturated heterocycles. The Kier molecular flexibility index (Phi) is 3.38. The van der Waals surface area contributed by atoms with Crippen molar-refractivity contribution < 1.29 is 9.66 Å². The summed E-state index contributed by atoms with van der Waals surface area (Å²) >= 11 is 1.81. The van der Waals surface area contributed by atoms with Crippen molar-refractivity contribution in [2.75, 3.05) is 31.2 Å². The highest BCUT2D eigenvalue weighted by Gasteiger charge is 2.33. The molecule has 2 aliphatic heterocycles. The smallest absolute Gasteiger partial charge is 0.292 e. The van der Waals surface area contributed by atoms with Gasteiger partial charge in [0.25, 0.3) is 5.69 Å². The maximum Gasteiger partial charge on any atom is 0.292 e. The van der Waals surface area contributed by atoms with Crippen LogP contribution in [0.4, 0.5) is 11.4 Å². The van der Waals surface area contributed by atoms with Gasteiger partial charge in [0.2, 0.25) is 0 Å². The first kappa shape index (κ1) is 13.7. The summed E-state index contributed by atoms with van der Waals surface area (Å²) in [7, 11) is 0. The van der Waals surface area contributed by atoms with Gasteiger partial charge in [-0.2, -0.15) is 0 Å². The maximum atomic E-state index is 11.4. The molecule has 1 aromatic carbocycles. The molecular weight excluding hydrogens is 276 g/mol. The zero-order valence-electron chi connectivity index (χ0n) is 11.7. The van der Waals surface area contributed by atoms with Crippen LogP contribution in [0.5, 0.6) is 0 Å². The number of rotatable bonds is 2. The Morgan fingerprint density at radius 1 is 1.35 bits per heavy atom. The van der Waals surface area contributed by atoms with Gasteiger partial charge < -0.3 is 9.64 Å². The highest BCUT2D eigenvalue weighted by atomic mass is 32.2. The van der Waals surface area contributed by atoms with E-state index in [1.165, 1.54) is 4.90 Å². The average Bonchev–Trinajstić information content (AvgIpc) is 2.71. The van der Waals surface area contributed by atoms with Crippen molar-refractivity contribution >= 4 is 23.1 Å². The van der Waals surface area contributed by atoms with Crippen LogP contribution in [-0.4, -0.2) is 36.0 Å². The van der Waals surface area contributed by atoms with Gasteiger partial charge >= 0.3 is 0 Å². The number of ether oxygens (including phenoxy) is 1. The monoisotopic (exact) mass is 294 g/mol. The molecule has 0 aromatic heterocycles. The normalized spacial score (nSPS) is 20.8. The van der Waals surface area contributed by atoms with Crippen molar-refractivity contribution in [1.29, 1.82) is 0 Å². The van der Waals surface area contributed by atoms with E-state index in [-0.39, 0.29) is 15.4 Å². The topological polar surface area (TPSA) is 55.6 Å². The van der Waals surface area contributed by atoms with Gasteiger partial charge in [0.1, 0.15) is 5.69 Å². The molecule has 0 N–H and O–H groups in total. The van der Waals surface area contributed by atoms with Gasteiger partial charge in [0.05, 0.1) is 18.1 Å². The summed E-state index contributed by atoms with van der Waals surface area (Å²) in [6.07, 6.45) is 0.886. The Labute approximate surface area is 122 Å². The van der Waals surface area contributed by atoms with Crippen LogP contribution in [0.15, 0.2) is 17.0 Å². The van der Waals surface area contributed by atoms with Crippen LogP contribution in [0, 0.1) is 10.1 Å². The van der Waals surface area contributed by atoms with E-state index in [1.54, 1.807) is 6.07 Å². The number of nitro groups is 1. The van der Waals surface area contributed by atoms with Gasteiger partial charge in [-0.25, -0.2) is 0 Å². The van der Waals surface area contributed by atoms with Crippen LogP contribution in [0.1, 0.15) is 19.4 Å². The second-order valence-corrected chi connectivity index (χ2v) is 7.59. The lowest BCUT2D eigenvalue weighted by atomic mass is 10.0. The molecule has 0 spiro atoms. The van der Waals surface area contributed by atoms with E-state index in [9.17, 15) is 10.1 Å². The minimum Gasteiger partial charge on any atom is -0.378 e. The molecule has 5 nitrogen and oxygen atoms in total. The lowest BCUT2D eigenvalue weighted by Crippen LogP contribution is -2.36. The Morgan fingerprint density at radius 3 is 2.70 bits per heavy atom. The summed E-state index contributed by atoms with van der Waals surface area (Å²) in [4.78, 5) is 14.3. The molecule has 1 fully saturated rings. The number of hydrogen-bond donors (Lipinski definition) is 0. The Morgan fingerprint density at radius 2 is 2.05 bits per heavy atom. The SMILES string of the molecule is CC1(C)Cc2cc([N+](=O)[O-])c(N3CCOCC3)cc2S1. The van der Waals surface area contributed by atoms with Crippen LogP contribution in [-0.2, 0) is 11.2 Å². The van der Waals surface area contributed by atoms with Gasteiger partial charge in [-0.3, -0.25) is 10.1 Å². The zero-order valence-corrected chi connectivity index (χ0v) is 12.5. The molecule has 20 heavy (non-hydrogen) atoms. The standard InChI is InChI=1S/C14H18N2O3S/c1-14(2)9-10-7-12(16(17)18)11(8-13(10)20-14)15-3-5-19-6-4-15/h7-8H,3-6,9H2,1-2H3. The summed E-state index contributed by atoms with van der Waals surface area (Å²) in [5.41, 5.74) is 2.06. The molecule has 0 aliphatic carbocycles. The summed E-state index contributed by atoms with van der Waals surface area (Å²) in [6, 6.07) is 3.76. The van der Waals surface area contributed by atoms with E-state index < -0.39 is 0 Å². The molecule has 2 heterocycles. The molecule has 3 rings (SSSR count). The first-order valence-electron chi connectivity index (χ1n) is 6.79. The summed E-state index contributed by atoms with van der Waals surface area (Å²) in [5, 5.41) is 11.4. The average molecular weight is 294 g/mol. The first-order valence-corrected chi connectivity index (χ1v) is 7.61. The van der Waals surface area contributed by atoms with Crippen LogP contribution in [0.25, 0.3) is 0 Å². The van der Waals surface area contributed by atoms with Crippen molar-refractivity contribution in [2.45, 2.75) is 29.9 Å². The summed E-state index contributed by atoms with van der Waals surface area (Å²) in [5.74, 6) is 0. The predicted molar refractivity (Wildman–Crippen MR) is 79.8 cm³/mol. The first-order chi connectivity index (χ1) is 9.46. The Bertz CT molecular complexity index is 554. The number of thioether (sulfide) groups is 1. The molecule has 0 bridgehead atoms. The van der Waals surface area contributed by atoms with Crippen molar-refractivity contribution in [1.82, 2.24) is 0 Å². The van der Waals surface area contributed by atoms with Crippen molar-refractivity contribution in [3.63, 3.8) is 0 Å². The minimum absolute atomic E-state index is 0.125. The summed E-state index contributed by atoms with van der Waals surface area (Å²) < 4.78 is 5.46. The Hall–Kier alpha value is -1.27. The fourth-order valence-corrected chi connectivity index (χ4v) is 4.09. The number of nitrogens with zero attached hydrogens (tertiary/aromatic N) is 2. The number of fused-ring (bicyclic) bond motifs is 1. The quantitative estimate of drug-likeness (QED) is 0.620. The van der Waals surface area contributed by atoms with Gasteiger partial charge in [0, 0.05) is 28.8 Å². The second-order valence-electron chi connectivity index (χ2n) is 5.84. The molecule has 1 aromatic rings. The maximum absolute atomic E-state index is 11.4.